The number of aliphatic hydroxyl groups is 1. The lowest BCUT2D eigenvalue weighted by molar-refractivity contribution is 0.114. The highest BCUT2D eigenvalue weighted by atomic mass is 16.3. The second-order valence-corrected chi connectivity index (χ2v) is 3.70. The summed E-state index contributed by atoms with van der Waals surface area (Å²) in [5.41, 5.74) is 0.384. The van der Waals surface area contributed by atoms with Crippen LogP contribution in [0.4, 0.5) is 0 Å². The number of hydrogen-bond acceptors (Lipinski definition) is 1. The molecule has 0 bridgehead atoms. The van der Waals surface area contributed by atoms with Crippen LogP contribution in [0.15, 0.2) is 0 Å². The maximum absolute atomic E-state index is 8.91. The summed E-state index contributed by atoms with van der Waals surface area (Å²) >= 11 is 0. The summed E-state index contributed by atoms with van der Waals surface area (Å²) in [6, 6.07) is 0. The van der Waals surface area contributed by atoms with Crippen LogP contribution in [0.5, 0.6) is 0 Å². The van der Waals surface area contributed by atoms with Crippen molar-refractivity contribution in [2.24, 2.45) is 11.3 Å². The minimum Gasteiger partial charge on any atom is -0.396 e. The molecule has 0 saturated heterocycles. The van der Waals surface area contributed by atoms with Crippen LogP contribution in [0, 0.1) is 11.3 Å². The Bertz CT molecular complexity index is 93.0. The first-order valence-electron chi connectivity index (χ1n) is 4.73. The highest BCUT2D eigenvalue weighted by molar-refractivity contribution is 4.79. The lowest BCUT2D eigenvalue weighted by Crippen LogP contribution is -2.26. The third kappa shape index (κ3) is 2.48. The second-order valence-electron chi connectivity index (χ2n) is 3.70. The van der Waals surface area contributed by atoms with Gasteiger partial charge in [-0.25, -0.2) is 0 Å². The number of aliphatic hydroxyl groups excluding tert-OH is 1. The predicted octanol–water partition coefficient (Wildman–Crippen LogP) is 2.83. The Morgan fingerprint density at radius 1 is 1.18 bits per heavy atom. The maximum Gasteiger partial charge on any atom is 0.0436 e. The molecule has 68 valence electrons. The largest absolute Gasteiger partial charge is 0.396 e. The average Bonchev–Trinajstić information content (AvgIpc) is 2.00. The monoisotopic (exact) mass is 158 g/mol. The molecule has 0 aliphatic heterocycles. The summed E-state index contributed by atoms with van der Waals surface area (Å²) in [5.74, 6) is 0.685. The van der Waals surface area contributed by atoms with Crippen LogP contribution >= 0.6 is 0 Å². The SMILES string of the molecule is CCC(CC)(CCO)C(C)C. The molecular weight excluding hydrogens is 136 g/mol. The molecule has 0 aliphatic rings. The van der Waals surface area contributed by atoms with E-state index in [2.05, 4.69) is 27.7 Å². The molecule has 1 N–H and O–H groups in total. The molecule has 0 atom stereocenters. The highest BCUT2D eigenvalue weighted by Gasteiger charge is 2.28. The first-order valence-corrected chi connectivity index (χ1v) is 4.73. The highest BCUT2D eigenvalue weighted by Crippen LogP contribution is 2.38. The minimum atomic E-state index is 0.333. The van der Waals surface area contributed by atoms with E-state index in [0.29, 0.717) is 17.9 Å². The second kappa shape index (κ2) is 4.76. The van der Waals surface area contributed by atoms with Crippen molar-refractivity contribution in [3.63, 3.8) is 0 Å². The van der Waals surface area contributed by atoms with E-state index in [1.807, 2.05) is 0 Å². The maximum atomic E-state index is 8.91. The van der Waals surface area contributed by atoms with Gasteiger partial charge in [-0.3, -0.25) is 0 Å². The Morgan fingerprint density at radius 3 is 1.73 bits per heavy atom. The first-order chi connectivity index (χ1) is 5.13. The van der Waals surface area contributed by atoms with Crippen LogP contribution in [-0.4, -0.2) is 11.7 Å². The molecule has 0 saturated carbocycles. The molecule has 0 unspecified atom stereocenters. The Labute approximate surface area is 70.8 Å². The van der Waals surface area contributed by atoms with Gasteiger partial charge in [0.1, 0.15) is 0 Å². The van der Waals surface area contributed by atoms with Gasteiger partial charge in [0.05, 0.1) is 0 Å². The average molecular weight is 158 g/mol. The van der Waals surface area contributed by atoms with Gasteiger partial charge in [0.25, 0.3) is 0 Å². The van der Waals surface area contributed by atoms with Gasteiger partial charge < -0.3 is 5.11 Å². The van der Waals surface area contributed by atoms with Crippen molar-refractivity contribution in [1.29, 1.82) is 0 Å². The molecule has 0 spiro atoms. The van der Waals surface area contributed by atoms with Gasteiger partial charge in [0, 0.05) is 6.61 Å². The van der Waals surface area contributed by atoms with Gasteiger partial charge in [-0.15, -0.1) is 0 Å². The standard InChI is InChI=1S/C10H22O/c1-5-10(6-2,7-8-11)9(3)4/h9,11H,5-8H2,1-4H3. The van der Waals surface area contributed by atoms with Gasteiger partial charge in [-0.1, -0.05) is 40.5 Å². The number of rotatable bonds is 5. The summed E-state index contributed by atoms with van der Waals surface area (Å²) in [4.78, 5) is 0. The molecule has 11 heavy (non-hydrogen) atoms. The van der Waals surface area contributed by atoms with Crippen molar-refractivity contribution in [3.05, 3.63) is 0 Å². The molecule has 0 fully saturated rings. The molecule has 0 radical (unpaired) electrons. The van der Waals surface area contributed by atoms with Crippen molar-refractivity contribution in [2.75, 3.05) is 6.61 Å². The van der Waals surface area contributed by atoms with Gasteiger partial charge in [-0.2, -0.15) is 0 Å². The summed E-state index contributed by atoms with van der Waals surface area (Å²) in [7, 11) is 0. The van der Waals surface area contributed by atoms with Gasteiger partial charge in [0.15, 0.2) is 0 Å². The summed E-state index contributed by atoms with van der Waals surface area (Å²) in [6.07, 6.45) is 3.32. The van der Waals surface area contributed by atoms with Crippen molar-refractivity contribution < 1.29 is 5.11 Å². The van der Waals surface area contributed by atoms with Gasteiger partial charge >= 0.3 is 0 Å². The molecule has 0 rings (SSSR count). The summed E-state index contributed by atoms with van der Waals surface area (Å²) < 4.78 is 0. The summed E-state index contributed by atoms with van der Waals surface area (Å²) in [6.45, 7) is 9.28. The molecule has 0 aliphatic carbocycles. The van der Waals surface area contributed by atoms with Gasteiger partial charge in [-0.05, 0) is 17.8 Å². The quantitative estimate of drug-likeness (QED) is 0.652. The van der Waals surface area contributed by atoms with E-state index in [-0.39, 0.29) is 0 Å². The van der Waals surface area contributed by atoms with Crippen LogP contribution in [0.25, 0.3) is 0 Å². The van der Waals surface area contributed by atoms with Crippen LogP contribution in [0.2, 0.25) is 0 Å². The van der Waals surface area contributed by atoms with E-state index in [4.69, 9.17) is 5.11 Å². The van der Waals surface area contributed by atoms with E-state index >= 15 is 0 Å². The topological polar surface area (TPSA) is 20.2 Å². The van der Waals surface area contributed by atoms with Crippen LogP contribution in [0.3, 0.4) is 0 Å². The number of hydrogen-bond donors (Lipinski definition) is 1. The molecule has 0 heterocycles. The van der Waals surface area contributed by atoms with E-state index in [1.54, 1.807) is 0 Å². The molecule has 1 nitrogen and oxygen atoms in total. The predicted molar refractivity (Wildman–Crippen MR) is 49.6 cm³/mol. The van der Waals surface area contributed by atoms with Crippen molar-refractivity contribution in [2.45, 2.75) is 47.0 Å². The lowest BCUT2D eigenvalue weighted by atomic mass is 9.71. The molecule has 0 aromatic carbocycles. The lowest BCUT2D eigenvalue weighted by Gasteiger charge is -2.35. The van der Waals surface area contributed by atoms with Crippen LogP contribution in [-0.2, 0) is 0 Å². The van der Waals surface area contributed by atoms with Crippen molar-refractivity contribution in [3.8, 4) is 0 Å². The molecular formula is C10H22O. The van der Waals surface area contributed by atoms with Crippen molar-refractivity contribution >= 4 is 0 Å². The molecule has 0 aromatic heterocycles. The van der Waals surface area contributed by atoms with E-state index in [0.717, 1.165) is 6.42 Å². The summed E-state index contributed by atoms with van der Waals surface area (Å²) in [5, 5.41) is 8.91. The fourth-order valence-corrected chi connectivity index (χ4v) is 1.93. The van der Waals surface area contributed by atoms with Crippen LogP contribution in [0.1, 0.15) is 47.0 Å². The fourth-order valence-electron chi connectivity index (χ4n) is 1.93. The Kier molecular flexibility index (Phi) is 4.74. The first kappa shape index (κ1) is 11.0. The third-order valence-corrected chi connectivity index (χ3v) is 3.24. The zero-order chi connectivity index (χ0) is 8.91. The minimum absolute atomic E-state index is 0.333. The van der Waals surface area contributed by atoms with E-state index in [1.165, 1.54) is 12.8 Å². The third-order valence-electron chi connectivity index (χ3n) is 3.24. The Morgan fingerprint density at radius 2 is 1.64 bits per heavy atom. The van der Waals surface area contributed by atoms with E-state index < -0.39 is 0 Å². The van der Waals surface area contributed by atoms with Gasteiger partial charge in [0.2, 0.25) is 0 Å². The fraction of sp³-hybridized carbons (Fsp3) is 1.00. The van der Waals surface area contributed by atoms with E-state index in [9.17, 15) is 0 Å². The molecule has 1 heteroatoms. The van der Waals surface area contributed by atoms with Crippen LogP contribution < -0.4 is 0 Å². The zero-order valence-corrected chi connectivity index (χ0v) is 8.35. The molecule has 0 amide bonds. The van der Waals surface area contributed by atoms with Crippen molar-refractivity contribution in [1.82, 2.24) is 0 Å². The molecule has 0 aromatic rings. The smallest absolute Gasteiger partial charge is 0.0436 e. The Balaban J connectivity index is 4.20. The Hall–Kier alpha value is -0.0400. The zero-order valence-electron chi connectivity index (χ0n) is 8.35. The normalized spacial score (nSPS) is 12.5.